The van der Waals surface area contributed by atoms with Crippen LogP contribution in [0.5, 0.6) is 5.75 Å². The second-order valence-electron chi connectivity index (χ2n) is 10.1. The Bertz CT molecular complexity index is 1250. The first-order chi connectivity index (χ1) is 17.6. The quantitative estimate of drug-likeness (QED) is 0.213. The highest BCUT2D eigenvalue weighted by molar-refractivity contribution is 6.29. The number of H-pyrrole nitrogens is 1. The fourth-order valence-electron chi connectivity index (χ4n) is 4.43. The van der Waals surface area contributed by atoms with E-state index in [4.69, 9.17) is 21.1 Å². The standard InChI is InChI=1S/C26H33ClN6O4/c1-26(2,3)37-25(35)33(9-10-34)32-18-7-5-17(6-8-18)30-23-12-16(11-22(27)31-23)21-15-29-24-20(21)13-19(36-4)14-28-24/h10-15,17-18,32H,5-9H2,1-4H3,(H,28,29)(H,30,31). The number of carbonyl (C=O) groups is 2. The molecule has 0 saturated heterocycles. The van der Waals surface area contributed by atoms with Crippen molar-refractivity contribution in [3.8, 4) is 16.9 Å². The van der Waals surface area contributed by atoms with Gasteiger partial charge in [0.15, 0.2) is 0 Å². The number of aromatic amines is 1. The van der Waals surface area contributed by atoms with Crippen molar-refractivity contribution in [2.24, 2.45) is 0 Å². The zero-order chi connectivity index (χ0) is 26.6. The summed E-state index contributed by atoms with van der Waals surface area (Å²) in [6, 6.07) is 6.00. The molecular weight excluding hydrogens is 496 g/mol. The van der Waals surface area contributed by atoms with Gasteiger partial charge in [-0.05, 0) is 70.2 Å². The first-order valence-electron chi connectivity index (χ1n) is 12.3. The van der Waals surface area contributed by atoms with Crippen molar-refractivity contribution in [1.29, 1.82) is 0 Å². The maximum atomic E-state index is 12.4. The van der Waals surface area contributed by atoms with E-state index in [1.54, 1.807) is 34.1 Å². The van der Waals surface area contributed by atoms with E-state index in [0.717, 1.165) is 47.8 Å². The number of methoxy groups -OCH3 is 1. The normalized spacial score (nSPS) is 17.9. The number of rotatable bonds is 8. The molecule has 3 aromatic rings. The number of anilines is 1. The van der Waals surface area contributed by atoms with Crippen LogP contribution in [0.25, 0.3) is 22.2 Å². The molecule has 0 unspecified atom stereocenters. The summed E-state index contributed by atoms with van der Waals surface area (Å²) < 4.78 is 10.7. The minimum absolute atomic E-state index is 0.0575. The van der Waals surface area contributed by atoms with Crippen LogP contribution in [0.4, 0.5) is 10.6 Å². The lowest BCUT2D eigenvalue weighted by atomic mass is 9.91. The van der Waals surface area contributed by atoms with Gasteiger partial charge in [0.2, 0.25) is 0 Å². The molecule has 0 aromatic carbocycles. The number of halogens is 1. The van der Waals surface area contributed by atoms with Crippen molar-refractivity contribution in [3.63, 3.8) is 0 Å². The maximum Gasteiger partial charge on any atom is 0.425 e. The van der Waals surface area contributed by atoms with Crippen molar-refractivity contribution >= 4 is 40.8 Å². The largest absolute Gasteiger partial charge is 0.495 e. The lowest BCUT2D eigenvalue weighted by molar-refractivity contribution is -0.109. The molecule has 3 N–H and O–H groups in total. The first-order valence-corrected chi connectivity index (χ1v) is 12.7. The summed E-state index contributed by atoms with van der Waals surface area (Å²) in [7, 11) is 1.61. The third kappa shape index (κ3) is 6.90. The Morgan fingerprint density at radius 1 is 1.22 bits per heavy atom. The Hall–Kier alpha value is -3.37. The smallest absolute Gasteiger partial charge is 0.425 e. The van der Waals surface area contributed by atoms with Crippen LogP contribution in [0.1, 0.15) is 46.5 Å². The van der Waals surface area contributed by atoms with E-state index in [1.165, 1.54) is 5.01 Å². The van der Waals surface area contributed by atoms with Gasteiger partial charge in [0.25, 0.3) is 0 Å². The fourth-order valence-corrected chi connectivity index (χ4v) is 4.64. The van der Waals surface area contributed by atoms with Crippen molar-refractivity contribution in [2.75, 3.05) is 19.0 Å². The van der Waals surface area contributed by atoms with Gasteiger partial charge in [0.05, 0.1) is 19.9 Å². The topological polar surface area (TPSA) is 121 Å². The molecule has 0 aliphatic heterocycles. The van der Waals surface area contributed by atoms with E-state index in [9.17, 15) is 9.59 Å². The van der Waals surface area contributed by atoms with E-state index in [0.29, 0.717) is 23.0 Å². The number of nitrogens with zero attached hydrogens (tertiary/aromatic N) is 3. The zero-order valence-electron chi connectivity index (χ0n) is 21.5. The molecule has 1 aliphatic rings. The Morgan fingerprint density at radius 2 is 1.95 bits per heavy atom. The average Bonchev–Trinajstić information content (AvgIpc) is 3.27. The highest BCUT2D eigenvalue weighted by Crippen LogP contribution is 2.33. The van der Waals surface area contributed by atoms with Crippen molar-refractivity contribution in [2.45, 2.75) is 64.1 Å². The second-order valence-corrected chi connectivity index (χ2v) is 10.5. The van der Waals surface area contributed by atoms with Gasteiger partial charge in [0.1, 0.15) is 34.3 Å². The summed E-state index contributed by atoms with van der Waals surface area (Å²) in [5.41, 5.74) is 5.17. The molecule has 1 saturated carbocycles. The molecule has 1 fully saturated rings. The highest BCUT2D eigenvalue weighted by atomic mass is 35.5. The summed E-state index contributed by atoms with van der Waals surface area (Å²) in [6.07, 6.45) is 7.06. The lowest BCUT2D eigenvalue weighted by Gasteiger charge is -2.34. The minimum Gasteiger partial charge on any atom is -0.495 e. The van der Waals surface area contributed by atoms with Crippen LogP contribution in [0.3, 0.4) is 0 Å². The number of hydrazine groups is 1. The summed E-state index contributed by atoms with van der Waals surface area (Å²) in [6.45, 7) is 5.31. The second kappa shape index (κ2) is 11.4. The molecule has 3 aromatic heterocycles. The molecule has 0 bridgehead atoms. The van der Waals surface area contributed by atoms with Gasteiger partial charge in [0, 0.05) is 29.2 Å². The number of carbonyl (C=O) groups excluding carboxylic acids is 2. The van der Waals surface area contributed by atoms with Gasteiger partial charge < -0.3 is 24.6 Å². The number of fused-ring (bicyclic) bond motifs is 1. The number of pyridine rings is 2. The maximum absolute atomic E-state index is 12.4. The average molecular weight is 529 g/mol. The van der Waals surface area contributed by atoms with Crippen LogP contribution >= 0.6 is 11.6 Å². The number of aldehydes is 1. The molecule has 10 nitrogen and oxygen atoms in total. The molecule has 4 rings (SSSR count). The minimum atomic E-state index is -0.639. The van der Waals surface area contributed by atoms with Crippen LogP contribution in [-0.2, 0) is 9.53 Å². The highest BCUT2D eigenvalue weighted by Gasteiger charge is 2.27. The number of hydrogen-bond donors (Lipinski definition) is 3. The molecule has 37 heavy (non-hydrogen) atoms. The van der Waals surface area contributed by atoms with Crippen molar-refractivity contribution in [3.05, 3.63) is 35.7 Å². The Balaban J connectivity index is 1.40. The van der Waals surface area contributed by atoms with Crippen LogP contribution in [0, 0.1) is 0 Å². The summed E-state index contributed by atoms with van der Waals surface area (Å²) in [5, 5.41) is 6.09. The third-order valence-corrected chi connectivity index (χ3v) is 6.33. The predicted octanol–water partition coefficient (Wildman–Crippen LogP) is 4.95. The first kappa shape index (κ1) is 26.7. The molecule has 0 spiro atoms. The molecule has 3 heterocycles. The van der Waals surface area contributed by atoms with Gasteiger partial charge in [-0.2, -0.15) is 0 Å². The van der Waals surface area contributed by atoms with Crippen LogP contribution in [0.15, 0.2) is 30.6 Å². The number of hydrogen-bond acceptors (Lipinski definition) is 8. The van der Waals surface area contributed by atoms with E-state index < -0.39 is 11.7 Å². The van der Waals surface area contributed by atoms with Gasteiger partial charge >= 0.3 is 6.09 Å². The Morgan fingerprint density at radius 3 is 2.62 bits per heavy atom. The molecule has 11 heteroatoms. The zero-order valence-corrected chi connectivity index (χ0v) is 22.3. The van der Waals surface area contributed by atoms with Crippen LogP contribution < -0.4 is 15.5 Å². The Labute approximate surface area is 221 Å². The molecule has 198 valence electrons. The van der Waals surface area contributed by atoms with Crippen molar-refractivity contribution < 1.29 is 19.1 Å². The van der Waals surface area contributed by atoms with Gasteiger partial charge in [-0.15, -0.1) is 0 Å². The number of nitrogens with one attached hydrogen (secondary N) is 3. The predicted molar refractivity (Wildman–Crippen MR) is 143 cm³/mol. The third-order valence-electron chi connectivity index (χ3n) is 6.14. The van der Waals surface area contributed by atoms with Gasteiger partial charge in [-0.1, -0.05) is 11.6 Å². The fraction of sp³-hybridized carbons (Fsp3) is 0.462. The summed E-state index contributed by atoms with van der Waals surface area (Å²) in [4.78, 5) is 35.6. The van der Waals surface area contributed by atoms with E-state index in [-0.39, 0.29) is 18.6 Å². The van der Waals surface area contributed by atoms with E-state index in [1.807, 2.05) is 24.4 Å². The number of aromatic nitrogens is 3. The number of amides is 1. The van der Waals surface area contributed by atoms with Crippen LogP contribution in [-0.4, -0.2) is 63.7 Å². The Kier molecular flexibility index (Phi) is 8.19. The van der Waals surface area contributed by atoms with E-state index in [2.05, 4.69) is 25.7 Å². The molecular formula is C26H33ClN6O4. The molecule has 1 aliphatic carbocycles. The lowest BCUT2D eigenvalue weighted by Crippen LogP contribution is -2.52. The van der Waals surface area contributed by atoms with Crippen LogP contribution in [0.2, 0.25) is 5.15 Å². The van der Waals surface area contributed by atoms with E-state index >= 15 is 0 Å². The molecule has 1 amide bonds. The molecule has 0 radical (unpaired) electrons. The number of ether oxygens (including phenoxy) is 2. The van der Waals surface area contributed by atoms with Gasteiger partial charge in [-0.3, -0.25) is 0 Å². The SMILES string of the molecule is COc1cnc2[nH]cc(-c3cc(Cl)nc(NC4CCC(NN(CC=O)C(=O)OC(C)(C)C)CC4)c3)c2c1. The van der Waals surface area contributed by atoms with Crippen molar-refractivity contribution in [1.82, 2.24) is 25.4 Å². The monoisotopic (exact) mass is 528 g/mol. The molecule has 0 atom stereocenters. The summed E-state index contributed by atoms with van der Waals surface area (Å²) >= 11 is 6.39. The van der Waals surface area contributed by atoms with Gasteiger partial charge in [-0.25, -0.2) is 25.2 Å². The summed E-state index contributed by atoms with van der Waals surface area (Å²) in [5.74, 6) is 1.37.